The van der Waals surface area contributed by atoms with Gasteiger partial charge in [0, 0.05) is 0 Å². The largest absolute Gasteiger partial charge is 0.494 e. The van der Waals surface area contributed by atoms with E-state index in [1.54, 1.807) is 12.1 Å². The van der Waals surface area contributed by atoms with Gasteiger partial charge in [-0.3, -0.25) is 0 Å². The van der Waals surface area contributed by atoms with Crippen LogP contribution in [0.4, 0.5) is 5.69 Å². The molecule has 0 aromatic heterocycles. The molecule has 0 fully saturated rings. The Bertz CT molecular complexity index is 339. The molecule has 0 aliphatic heterocycles. The summed E-state index contributed by atoms with van der Waals surface area (Å²) in [5.74, 6) is 0.821. The second-order valence-electron chi connectivity index (χ2n) is 3.61. The van der Waals surface area contributed by atoms with Gasteiger partial charge in [0.05, 0.1) is 12.3 Å². The van der Waals surface area contributed by atoms with Crippen molar-refractivity contribution in [3.63, 3.8) is 0 Å². The first-order valence-corrected chi connectivity index (χ1v) is 5.67. The smallest absolute Gasteiger partial charge is 0.240 e. The van der Waals surface area contributed by atoms with Crippen LogP contribution in [-0.4, -0.2) is 12.7 Å². The molecule has 16 heavy (non-hydrogen) atoms. The van der Waals surface area contributed by atoms with Crippen LogP contribution in [0.3, 0.4) is 0 Å². The van der Waals surface area contributed by atoms with E-state index in [-0.39, 0.29) is 0 Å². The number of isocyanates is 1. The van der Waals surface area contributed by atoms with E-state index in [2.05, 4.69) is 11.9 Å². The van der Waals surface area contributed by atoms with E-state index in [4.69, 9.17) is 4.74 Å². The standard InChI is InChI=1S/C13H17NO2/c1-2-3-4-5-10-16-13-8-6-12(7-9-13)14-11-15/h6-9H,2-5,10H2,1H3. The molecule has 3 nitrogen and oxygen atoms in total. The lowest BCUT2D eigenvalue weighted by Gasteiger charge is -2.05. The van der Waals surface area contributed by atoms with Gasteiger partial charge in [0.15, 0.2) is 0 Å². The fourth-order valence-electron chi connectivity index (χ4n) is 1.39. The Morgan fingerprint density at radius 2 is 1.94 bits per heavy atom. The van der Waals surface area contributed by atoms with Crippen LogP contribution in [-0.2, 0) is 4.79 Å². The molecular formula is C13H17NO2. The lowest BCUT2D eigenvalue weighted by Crippen LogP contribution is -1.96. The molecule has 1 rings (SSSR count). The SMILES string of the molecule is CCCCCCOc1ccc(N=C=O)cc1. The third-order valence-corrected chi connectivity index (χ3v) is 2.28. The third kappa shape index (κ3) is 4.76. The van der Waals surface area contributed by atoms with Crippen molar-refractivity contribution < 1.29 is 9.53 Å². The van der Waals surface area contributed by atoms with Gasteiger partial charge in [-0.25, -0.2) is 4.79 Å². The second-order valence-corrected chi connectivity index (χ2v) is 3.61. The molecule has 0 amide bonds. The van der Waals surface area contributed by atoms with Crippen LogP contribution >= 0.6 is 0 Å². The number of ether oxygens (including phenoxy) is 1. The Morgan fingerprint density at radius 3 is 2.56 bits per heavy atom. The first-order valence-electron chi connectivity index (χ1n) is 5.67. The summed E-state index contributed by atoms with van der Waals surface area (Å²) in [5.41, 5.74) is 0.605. The maximum absolute atomic E-state index is 10.0. The van der Waals surface area contributed by atoms with Crippen molar-refractivity contribution in [2.75, 3.05) is 6.61 Å². The number of nitrogens with zero attached hydrogens (tertiary/aromatic N) is 1. The molecule has 0 saturated carbocycles. The van der Waals surface area contributed by atoms with E-state index in [9.17, 15) is 4.79 Å². The highest BCUT2D eigenvalue weighted by molar-refractivity contribution is 5.49. The molecule has 1 aromatic carbocycles. The zero-order valence-corrected chi connectivity index (χ0v) is 9.61. The van der Waals surface area contributed by atoms with Crippen LogP contribution in [0.5, 0.6) is 5.75 Å². The summed E-state index contributed by atoms with van der Waals surface area (Å²) < 4.78 is 5.55. The number of benzene rings is 1. The molecule has 0 aliphatic carbocycles. The van der Waals surface area contributed by atoms with E-state index in [0.29, 0.717) is 5.69 Å². The highest BCUT2D eigenvalue weighted by atomic mass is 16.5. The average molecular weight is 219 g/mol. The summed E-state index contributed by atoms with van der Waals surface area (Å²) in [6.07, 6.45) is 6.30. The maximum atomic E-state index is 10.0. The Balaban J connectivity index is 2.29. The van der Waals surface area contributed by atoms with Gasteiger partial charge in [-0.1, -0.05) is 26.2 Å². The van der Waals surface area contributed by atoms with E-state index >= 15 is 0 Å². The van der Waals surface area contributed by atoms with Crippen LogP contribution in [0.1, 0.15) is 32.6 Å². The minimum Gasteiger partial charge on any atom is -0.494 e. The van der Waals surface area contributed by atoms with Gasteiger partial charge in [0.25, 0.3) is 0 Å². The van der Waals surface area contributed by atoms with Crippen LogP contribution in [0, 0.1) is 0 Å². The Labute approximate surface area is 96.2 Å². The van der Waals surface area contributed by atoms with Crippen molar-refractivity contribution in [1.82, 2.24) is 0 Å². The topological polar surface area (TPSA) is 38.7 Å². The molecule has 0 aliphatic rings. The fraction of sp³-hybridized carbons (Fsp3) is 0.462. The summed E-state index contributed by atoms with van der Waals surface area (Å²) in [6, 6.07) is 7.12. The van der Waals surface area contributed by atoms with Gasteiger partial charge in [0.2, 0.25) is 6.08 Å². The first kappa shape index (κ1) is 12.5. The third-order valence-electron chi connectivity index (χ3n) is 2.28. The van der Waals surface area contributed by atoms with E-state index < -0.39 is 0 Å². The van der Waals surface area contributed by atoms with E-state index in [1.807, 2.05) is 12.1 Å². The molecule has 0 heterocycles. The summed E-state index contributed by atoms with van der Waals surface area (Å²) in [4.78, 5) is 13.5. The van der Waals surface area contributed by atoms with Gasteiger partial charge in [-0.2, -0.15) is 4.99 Å². The number of hydrogen-bond acceptors (Lipinski definition) is 3. The van der Waals surface area contributed by atoms with Crippen molar-refractivity contribution >= 4 is 11.8 Å². The zero-order chi connectivity index (χ0) is 11.6. The lowest BCUT2D eigenvalue weighted by atomic mass is 10.2. The molecule has 0 bridgehead atoms. The molecule has 0 radical (unpaired) electrons. The number of unbranched alkanes of at least 4 members (excludes halogenated alkanes) is 3. The van der Waals surface area contributed by atoms with Gasteiger partial charge < -0.3 is 4.74 Å². The molecule has 3 heteroatoms. The summed E-state index contributed by atoms with van der Waals surface area (Å²) in [7, 11) is 0. The maximum Gasteiger partial charge on any atom is 0.240 e. The van der Waals surface area contributed by atoms with Crippen molar-refractivity contribution in [2.45, 2.75) is 32.6 Å². The highest BCUT2D eigenvalue weighted by Gasteiger charge is 1.94. The monoisotopic (exact) mass is 219 g/mol. The van der Waals surface area contributed by atoms with Gasteiger partial charge >= 0.3 is 0 Å². The fourth-order valence-corrected chi connectivity index (χ4v) is 1.39. The van der Waals surface area contributed by atoms with Gasteiger partial charge in [-0.05, 0) is 30.7 Å². The minimum absolute atomic E-state index is 0.605. The predicted molar refractivity (Wildman–Crippen MR) is 63.9 cm³/mol. The predicted octanol–water partition coefficient (Wildman–Crippen LogP) is 3.61. The normalized spacial score (nSPS) is 9.56. The Hall–Kier alpha value is -1.60. The van der Waals surface area contributed by atoms with Crippen molar-refractivity contribution in [2.24, 2.45) is 4.99 Å². The molecule has 0 unspecified atom stereocenters. The van der Waals surface area contributed by atoms with E-state index in [0.717, 1.165) is 18.8 Å². The van der Waals surface area contributed by atoms with Crippen molar-refractivity contribution in [3.05, 3.63) is 24.3 Å². The van der Waals surface area contributed by atoms with Gasteiger partial charge in [0.1, 0.15) is 5.75 Å². The summed E-state index contributed by atoms with van der Waals surface area (Å²) in [6.45, 7) is 2.93. The average Bonchev–Trinajstić information content (AvgIpc) is 2.31. The van der Waals surface area contributed by atoms with Crippen LogP contribution < -0.4 is 4.74 Å². The van der Waals surface area contributed by atoms with Crippen molar-refractivity contribution in [1.29, 1.82) is 0 Å². The molecule has 86 valence electrons. The Morgan fingerprint density at radius 1 is 1.19 bits per heavy atom. The van der Waals surface area contributed by atoms with Gasteiger partial charge in [-0.15, -0.1) is 0 Å². The van der Waals surface area contributed by atoms with Crippen molar-refractivity contribution in [3.8, 4) is 5.75 Å². The molecule has 0 spiro atoms. The van der Waals surface area contributed by atoms with Crippen LogP contribution in [0.2, 0.25) is 0 Å². The molecule has 0 saturated heterocycles. The molecular weight excluding hydrogens is 202 g/mol. The zero-order valence-electron chi connectivity index (χ0n) is 9.61. The number of aliphatic imine (C=N–C) groups is 1. The lowest BCUT2D eigenvalue weighted by molar-refractivity contribution is 0.305. The Kier molecular flexibility index (Phi) is 5.97. The minimum atomic E-state index is 0.605. The summed E-state index contributed by atoms with van der Waals surface area (Å²) >= 11 is 0. The highest BCUT2D eigenvalue weighted by Crippen LogP contribution is 2.17. The summed E-state index contributed by atoms with van der Waals surface area (Å²) in [5, 5.41) is 0. The quantitative estimate of drug-likeness (QED) is 0.399. The first-order chi connectivity index (χ1) is 7.86. The van der Waals surface area contributed by atoms with Crippen LogP contribution in [0.15, 0.2) is 29.3 Å². The van der Waals surface area contributed by atoms with Crippen LogP contribution in [0.25, 0.3) is 0 Å². The number of carbonyl (C=O) groups excluding carboxylic acids is 1. The number of rotatable bonds is 7. The molecule has 1 aromatic rings. The molecule has 0 atom stereocenters. The second kappa shape index (κ2) is 7.66. The number of hydrogen-bond donors (Lipinski definition) is 0. The molecule has 0 N–H and O–H groups in total. The van der Waals surface area contributed by atoms with E-state index in [1.165, 1.54) is 25.3 Å².